The third-order valence-electron chi connectivity index (χ3n) is 2.22. The van der Waals surface area contributed by atoms with Gasteiger partial charge < -0.3 is 28.7 Å². The van der Waals surface area contributed by atoms with E-state index in [0.29, 0.717) is 39.6 Å². The van der Waals surface area contributed by atoms with Crippen LogP contribution in [-0.2, 0) is 38.5 Å². The van der Waals surface area contributed by atoms with Crippen LogP contribution in [0.2, 0.25) is 0 Å². The number of methoxy groups -OCH3 is 1. The van der Waals surface area contributed by atoms with Crippen molar-refractivity contribution in [3.63, 3.8) is 0 Å². The minimum atomic E-state index is -0.186. The van der Waals surface area contributed by atoms with E-state index in [0.717, 1.165) is 0 Å². The first-order valence-electron chi connectivity index (χ1n) is 8.47. The summed E-state index contributed by atoms with van der Waals surface area (Å²) in [5, 5.41) is 0. The summed E-state index contributed by atoms with van der Waals surface area (Å²) in [5.41, 5.74) is 0. The van der Waals surface area contributed by atoms with E-state index in [2.05, 4.69) is 35.9 Å². The molecule has 27 heavy (non-hydrogen) atoms. The molecule has 160 valence electrons. The Kier molecular flexibility index (Phi) is 35.3. The Balaban J connectivity index is -0.00000134. The van der Waals surface area contributed by atoms with Crippen molar-refractivity contribution in [3.05, 3.63) is 51.2 Å². The highest BCUT2D eigenvalue weighted by molar-refractivity contribution is 4.62. The molecule has 0 fully saturated rings. The maximum absolute atomic E-state index is 5.61. The number of hydrogen-bond acceptors (Lipinski definition) is 8. The Bertz CT molecular complexity index is 308. The van der Waals surface area contributed by atoms with Crippen molar-refractivity contribution in [2.45, 2.75) is 20.0 Å². The van der Waals surface area contributed by atoms with Crippen molar-refractivity contribution >= 4 is 0 Å². The summed E-state index contributed by atoms with van der Waals surface area (Å²) < 4.78 is 21.0. The fourth-order valence-electron chi connectivity index (χ4n) is 1.26. The maximum atomic E-state index is 5.61. The molecule has 8 heteroatoms. The van der Waals surface area contributed by atoms with E-state index in [1.165, 1.54) is 25.9 Å². The average molecular weight is 392 g/mol. The summed E-state index contributed by atoms with van der Waals surface area (Å²) in [7, 11) is 1.51. The van der Waals surface area contributed by atoms with Crippen LogP contribution in [0.4, 0.5) is 0 Å². The molecule has 0 aromatic heterocycles. The molecule has 0 saturated heterocycles. The van der Waals surface area contributed by atoms with Crippen LogP contribution in [0.1, 0.15) is 13.8 Å². The van der Waals surface area contributed by atoms with Gasteiger partial charge >= 0.3 is 0 Å². The first-order valence-corrected chi connectivity index (χ1v) is 8.47. The Morgan fingerprint density at radius 3 is 1.96 bits per heavy atom. The van der Waals surface area contributed by atoms with Crippen LogP contribution >= 0.6 is 0 Å². The molecule has 0 aromatic carbocycles. The fraction of sp³-hybridized carbons (Fsp3) is 0.579. The Morgan fingerprint density at radius 1 is 0.778 bits per heavy atom. The predicted molar refractivity (Wildman–Crippen MR) is 105 cm³/mol. The molecule has 0 aliphatic heterocycles. The third kappa shape index (κ3) is 29.2. The highest BCUT2D eigenvalue weighted by atomic mass is 17.2. The van der Waals surface area contributed by atoms with Gasteiger partial charge in [-0.3, -0.25) is 0 Å². The first kappa shape index (κ1) is 29.9. The molecular weight excluding hydrogens is 356 g/mol. The second kappa shape index (κ2) is 31.9. The molecule has 0 aliphatic carbocycles. The van der Waals surface area contributed by atoms with Crippen molar-refractivity contribution in [2.75, 3.05) is 53.4 Å². The van der Waals surface area contributed by atoms with Gasteiger partial charge in [0.25, 0.3) is 0 Å². The molecule has 0 N–H and O–H groups in total. The van der Waals surface area contributed by atoms with Gasteiger partial charge in [-0.2, -0.15) is 9.78 Å². The van der Waals surface area contributed by atoms with Crippen molar-refractivity contribution in [1.82, 2.24) is 0 Å². The van der Waals surface area contributed by atoms with Crippen molar-refractivity contribution < 1.29 is 38.5 Å². The number of hydrogen-bond donors (Lipinski definition) is 0. The van der Waals surface area contributed by atoms with Crippen LogP contribution in [-0.4, -0.2) is 59.5 Å². The van der Waals surface area contributed by atoms with E-state index in [1.807, 2.05) is 13.8 Å². The standard InChI is InChI=1S/C15H28O8.2C2H4/c1-4-6-20-23-12-9-19-15(13-17-5-2)14-18-8-11-22-21-10-7-16-3;2*1-2/h4,6-7,10,15H,5,8-9,11-14H2,1-3H3;2*1-2H2/b6-4-,10-7+;;. The summed E-state index contributed by atoms with van der Waals surface area (Å²) in [6.45, 7) is 18.5. The van der Waals surface area contributed by atoms with E-state index in [4.69, 9.17) is 28.9 Å². The first-order chi connectivity index (χ1) is 13.3. The number of rotatable bonds is 17. The normalized spacial score (nSPS) is 11.2. The van der Waals surface area contributed by atoms with Gasteiger partial charge in [-0.15, -0.1) is 26.3 Å². The minimum Gasteiger partial charge on any atom is -0.501 e. The third-order valence-corrected chi connectivity index (χ3v) is 2.22. The van der Waals surface area contributed by atoms with Crippen LogP contribution in [0.25, 0.3) is 0 Å². The van der Waals surface area contributed by atoms with Gasteiger partial charge in [-0.1, -0.05) is 0 Å². The largest absolute Gasteiger partial charge is 0.501 e. The summed E-state index contributed by atoms with van der Waals surface area (Å²) in [5.74, 6) is 0. The minimum absolute atomic E-state index is 0.186. The molecule has 0 rings (SSSR count). The lowest BCUT2D eigenvalue weighted by molar-refractivity contribution is -0.261. The molecule has 0 aliphatic rings. The highest BCUT2D eigenvalue weighted by Crippen LogP contribution is 1.97. The van der Waals surface area contributed by atoms with Crippen molar-refractivity contribution in [1.29, 1.82) is 0 Å². The van der Waals surface area contributed by atoms with Gasteiger partial charge in [0.05, 0.1) is 33.5 Å². The molecule has 0 saturated carbocycles. The predicted octanol–water partition coefficient (Wildman–Crippen LogP) is 3.58. The van der Waals surface area contributed by atoms with E-state index in [-0.39, 0.29) is 12.7 Å². The Morgan fingerprint density at radius 2 is 1.37 bits per heavy atom. The molecule has 1 unspecified atom stereocenters. The summed E-state index contributed by atoms with van der Waals surface area (Å²) in [4.78, 5) is 19.1. The quantitative estimate of drug-likeness (QED) is 0.122. The topological polar surface area (TPSA) is 73.8 Å². The summed E-state index contributed by atoms with van der Waals surface area (Å²) in [6.07, 6.45) is 5.63. The van der Waals surface area contributed by atoms with Crippen LogP contribution in [0.15, 0.2) is 51.2 Å². The zero-order valence-electron chi connectivity index (χ0n) is 16.9. The molecule has 0 radical (unpaired) electrons. The summed E-state index contributed by atoms with van der Waals surface area (Å²) >= 11 is 0. The van der Waals surface area contributed by atoms with E-state index in [1.54, 1.807) is 6.08 Å². The maximum Gasteiger partial charge on any atom is 0.163 e. The van der Waals surface area contributed by atoms with Crippen molar-refractivity contribution in [2.24, 2.45) is 0 Å². The molecule has 1 atom stereocenters. The average Bonchev–Trinajstić information content (AvgIpc) is 2.73. The van der Waals surface area contributed by atoms with E-state index < -0.39 is 0 Å². The zero-order valence-corrected chi connectivity index (χ0v) is 16.9. The monoisotopic (exact) mass is 392 g/mol. The van der Waals surface area contributed by atoms with Crippen LogP contribution in [0.5, 0.6) is 0 Å². The van der Waals surface area contributed by atoms with Gasteiger partial charge in [-0.25, -0.2) is 0 Å². The molecule has 8 nitrogen and oxygen atoms in total. The lowest BCUT2D eigenvalue weighted by atomic mass is 10.4. The molecular formula is C19H36O8. The molecule has 0 amide bonds. The fourth-order valence-corrected chi connectivity index (χ4v) is 1.26. The van der Waals surface area contributed by atoms with Gasteiger partial charge in [-0.05, 0) is 19.9 Å². The van der Waals surface area contributed by atoms with Crippen LogP contribution in [0, 0.1) is 0 Å². The second-order valence-electron chi connectivity index (χ2n) is 4.04. The van der Waals surface area contributed by atoms with Crippen LogP contribution in [0.3, 0.4) is 0 Å². The van der Waals surface area contributed by atoms with Crippen molar-refractivity contribution in [3.8, 4) is 0 Å². The van der Waals surface area contributed by atoms with E-state index in [9.17, 15) is 0 Å². The molecule has 0 bridgehead atoms. The highest BCUT2D eigenvalue weighted by Gasteiger charge is 2.10. The van der Waals surface area contributed by atoms with Gasteiger partial charge in [0, 0.05) is 6.61 Å². The number of ether oxygens (including phenoxy) is 4. The lowest BCUT2D eigenvalue weighted by Crippen LogP contribution is -2.28. The van der Waals surface area contributed by atoms with Gasteiger partial charge in [0.1, 0.15) is 31.8 Å². The summed E-state index contributed by atoms with van der Waals surface area (Å²) in [6, 6.07) is 0. The Labute approximate surface area is 163 Å². The van der Waals surface area contributed by atoms with Crippen LogP contribution < -0.4 is 0 Å². The van der Waals surface area contributed by atoms with E-state index >= 15 is 0 Å². The Hall–Kier alpha value is -1.84. The van der Waals surface area contributed by atoms with Gasteiger partial charge in [0.2, 0.25) is 0 Å². The smallest absolute Gasteiger partial charge is 0.163 e. The molecule has 0 aromatic rings. The lowest BCUT2D eigenvalue weighted by Gasteiger charge is -2.17. The molecule has 0 spiro atoms. The molecule has 0 heterocycles. The SMILES string of the molecule is C/C=C\OOCCOC(COCC)COCCOO/C=C/OC.C=C.C=C. The number of allylic oxidation sites excluding steroid dienone is 1. The second-order valence-corrected chi connectivity index (χ2v) is 4.04. The van der Waals surface area contributed by atoms with Gasteiger partial charge in [0.15, 0.2) is 6.26 Å². The zero-order chi connectivity index (χ0) is 21.0.